The largest absolute Gasteiger partial charge is 0.416 e. The minimum Gasteiger partial charge on any atom is -0.393 e. The number of aliphatic hydroxyl groups is 2. The minimum atomic E-state index is -4.63. The third-order valence-electron chi connectivity index (χ3n) is 14.6. The molecule has 6 bridgehead atoms. The zero-order valence-corrected chi connectivity index (χ0v) is 34.0. The maximum atomic E-state index is 14.7. The molecule has 10 rings (SSSR count). The number of aliphatic hydroxyl groups excluding tert-OH is 1. The van der Waals surface area contributed by atoms with Crippen molar-refractivity contribution in [3.63, 3.8) is 0 Å². The highest BCUT2D eigenvalue weighted by molar-refractivity contribution is 7.91. The monoisotopic (exact) mass is 809 g/mol. The zero-order chi connectivity index (χ0) is 39.7. The Balaban J connectivity index is 1.21. The number of allylic oxidation sites excluding steroid dienone is 2. The first-order valence-corrected chi connectivity index (χ1v) is 22.7. The van der Waals surface area contributed by atoms with Gasteiger partial charge in [-0.15, -0.1) is 11.3 Å². The molecular weight excluding hydrogens is 756 g/mol. The van der Waals surface area contributed by atoms with E-state index in [1.165, 1.54) is 42.7 Å². The summed E-state index contributed by atoms with van der Waals surface area (Å²) in [6.45, 7) is 4.36. The highest BCUT2D eigenvalue weighted by Crippen LogP contribution is 2.62. The van der Waals surface area contributed by atoms with Gasteiger partial charge in [0.1, 0.15) is 4.21 Å². The third kappa shape index (κ3) is 7.49. The van der Waals surface area contributed by atoms with E-state index in [9.17, 15) is 36.6 Å². The molecule has 7 aliphatic rings. The number of ketones is 1. The van der Waals surface area contributed by atoms with E-state index in [-0.39, 0.29) is 33.7 Å². The van der Waals surface area contributed by atoms with Gasteiger partial charge in [0, 0.05) is 29.6 Å². The topological polar surface area (TPSA) is 94.9 Å². The van der Waals surface area contributed by atoms with E-state index in [4.69, 9.17) is 0 Å². The molecule has 0 aliphatic heterocycles. The van der Waals surface area contributed by atoms with Crippen molar-refractivity contribution in [2.75, 3.05) is 13.1 Å². The van der Waals surface area contributed by atoms with Gasteiger partial charge in [0.05, 0.1) is 17.3 Å². The van der Waals surface area contributed by atoms with Crippen LogP contribution in [-0.2, 0) is 22.6 Å². The zero-order valence-electron chi connectivity index (χ0n) is 32.4. The predicted molar refractivity (Wildman–Crippen MR) is 212 cm³/mol. The lowest BCUT2D eigenvalue weighted by molar-refractivity contribution is -0.137. The Morgan fingerprint density at radius 2 is 1.66 bits per heavy atom. The molecule has 0 radical (unpaired) electrons. The summed E-state index contributed by atoms with van der Waals surface area (Å²) in [5.74, 6) is 0.909. The Labute approximate surface area is 333 Å². The fourth-order valence-electron chi connectivity index (χ4n) is 12.1. The van der Waals surface area contributed by atoms with Crippen LogP contribution in [0.25, 0.3) is 0 Å². The molecule has 302 valence electrons. The van der Waals surface area contributed by atoms with Crippen LogP contribution < -0.4 is 0 Å². The van der Waals surface area contributed by atoms with Crippen LogP contribution in [-0.4, -0.2) is 53.5 Å². The fraction of sp³-hybridized carbons (Fsp3) is 0.578. The highest BCUT2D eigenvalue weighted by Gasteiger charge is 2.59. The molecule has 5 fully saturated rings. The molecule has 11 heteroatoms. The van der Waals surface area contributed by atoms with Crippen LogP contribution in [0, 0.1) is 28.6 Å². The van der Waals surface area contributed by atoms with Gasteiger partial charge in [-0.05, 0) is 160 Å². The Morgan fingerprint density at radius 3 is 2.32 bits per heavy atom. The molecule has 2 aromatic carbocycles. The number of halogens is 3. The molecule has 1 heterocycles. The van der Waals surface area contributed by atoms with E-state index in [1.54, 1.807) is 27.9 Å². The van der Waals surface area contributed by atoms with Crippen LogP contribution in [0.3, 0.4) is 0 Å². The smallest absolute Gasteiger partial charge is 0.393 e. The Bertz CT molecular complexity index is 2060. The van der Waals surface area contributed by atoms with Gasteiger partial charge < -0.3 is 10.2 Å². The number of thiophene rings is 1. The number of benzene rings is 2. The molecule has 0 amide bonds. The quantitative estimate of drug-likeness (QED) is 0.175. The standard InChI is InChI=1S/C45H54F3NO5S2/c1-29-6-4-15-42(2)39(37-13-11-30(21-36(50)12-10-29)22-38(37)41(51)34-7-3-8-35(23-34)45(46,47)48)14-16-44(42,52)28-49(56(53,54)40-9-5-17-55-40)27-43-24-31-18-32(25-43)20-33(19-31)26-43/h3,5-9,11,13,17,22-23,31-33,36,39,50,52H,4,10,12,14-16,18-21,24-28H2,1-2H3. The second-order valence-corrected chi connectivity index (χ2v) is 21.6. The molecule has 7 aliphatic carbocycles. The average molecular weight is 810 g/mol. The van der Waals surface area contributed by atoms with Gasteiger partial charge in [-0.3, -0.25) is 4.79 Å². The van der Waals surface area contributed by atoms with Gasteiger partial charge in [0.15, 0.2) is 5.78 Å². The molecule has 4 atom stereocenters. The van der Waals surface area contributed by atoms with Gasteiger partial charge in [0.25, 0.3) is 10.0 Å². The Morgan fingerprint density at radius 1 is 0.946 bits per heavy atom. The summed E-state index contributed by atoms with van der Waals surface area (Å²) < 4.78 is 72.9. The van der Waals surface area contributed by atoms with Crippen LogP contribution in [0.15, 0.2) is 75.8 Å². The number of alkyl halides is 3. The van der Waals surface area contributed by atoms with Crippen molar-refractivity contribution in [3.8, 4) is 0 Å². The normalized spacial score (nSPS) is 33.4. The van der Waals surface area contributed by atoms with Crippen LogP contribution in [0.5, 0.6) is 0 Å². The van der Waals surface area contributed by atoms with Gasteiger partial charge in [-0.2, -0.15) is 17.5 Å². The van der Waals surface area contributed by atoms with Gasteiger partial charge in [-0.25, -0.2) is 8.42 Å². The number of sulfonamides is 1. The van der Waals surface area contributed by atoms with E-state index >= 15 is 0 Å². The number of carbonyl (C=O) groups is 1. The first-order valence-electron chi connectivity index (χ1n) is 20.4. The summed E-state index contributed by atoms with van der Waals surface area (Å²) in [5, 5.41) is 26.0. The first kappa shape index (κ1) is 40.0. The molecular formula is C45H54F3NO5S2. The van der Waals surface area contributed by atoms with Crippen molar-refractivity contribution in [1.29, 1.82) is 0 Å². The number of nitrogens with zero attached hydrogens (tertiary/aromatic N) is 1. The van der Waals surface area contributed by atoms with E-state index in [2.05, 4.69) is 6.08 Å². The van der Waals surface area contributed by atoms with Crippen molar-refractivity contribution >= 4 is 27.1 Å². The summed E-state index contributed by atoms with van der Waals surface area (Å²) in [6.07, 6.45) is 6.88. The number of hydrogen-bond donors (Lipinski definition) is 2. The van der Waals surface area contributed by atoms with Crippen LogP contribution in [0.4, 0.5) is 13.2 Å². The molecule has 5 saturated carbocycles. The second-order valence-electron chi connectivity index (χ2n) is 18.5. The van der Waals surface area contributed by atoms with Crippen LogP contribution >= 0.6 is 11.3 Å². The summed E-state index contributed by atoms with van der Waals surface area (Å²) >= 11 is 1.19. The predicted octanol–water partition coefficient (Wildman–Crippen LogP) is 9.94. The number of fused-ring (bicyclic) bond motifs is 8. The minimum absolute atomic E-state index is 0.0775. The molecule has 1 aromatic heterocycles. The molecule has 2 N–H and O–H groups in total. The maximum absolute atomic E-state index is 14.7. The van der Waals surface area contributed by atoms with Crippen LogP contribution in [0.2, 0.25) is 0 Å². The van der Waals surface area contributed by atoms with E-state index in [0.29, 0.717) is 74.0 Å². The number of carbonyl (C=O) groups excluding carboxylic acids is 1. The highest BCUT2D eigenvalue weighted by atomic mass is 32.2. The molecule has 6 nitrogen and oxygen atoms in total. The Hall–Kier alpha value is -2.83. The lowest BCUT2D eigenvalue weighted by Crippen LogP contribution is -2.57. The maximum Gasteiger partial charge on any atom is 0.416 e. The van der Waals surface area contributed by atoms with Gasteiger partial charge in [-0.1, -0.05) is 48.9 Å². The molecule has 0 spiro atoms. The fourth-order valence-corrected chi connectivity index (χ4v) is 14.9. The van der Waals surface area contributed by atoms with E-state index < -0.39 is 50.6 Å². The summed E-state index contributed by atoms with van der Waals surface area (Å²) in [7, 11) is -3.97. The van der Waals surface area contributed by atoms with Crippen molar-refractivity contribution in [2.45, 2.75) is 125 Å². The van der Waals surface area contributed by atoms with Crippen LogP contribution in [0.1, 0.15) is 129 Å². The molecule has 3 aromatic rings. The van der Waals surface area contributed by atoms with Gasteiger partial charge >= 0.3 is 6.18 Å². The average Bonchev–Trinajstić information content (AvgIpc) is 3.77. The van der Waals surface area contributed by atoms with Crippen molar-refractivity contribution in [3.05, 3.63) is 99.4 Å². The third-order valence-corrected chi connectivity index (χ3v) is 17.7. The van der Waals surface area contributed by atoms with E-state index in [0.717, 1.165) is 37.0 Å². The summed E-state index contributed by atoms with van der Waals surface area (Å²) in [4.78, 5) is 14.5. The lowest BCUT2D eigenvalue weighted by atomic mass is 9.49. The van der Waals surface area contributed by atoms with E-state index in [1.807, 2.05) is 26.0 Å². The summed E-state index contributed by atoms with van der Waals surface area (Å²) in [6, 6.07) is 13.3. The molecule has 0 saturated heterocycles. The lowest BCUT2D eigenvalue weighted by Gasteiger charge is -2.58. The van der Waals surface area contributed by atoms with Crippen molar-refractivity contribution in [1.82, 2.24) is 4.31 Å². The molecule has 56 heavy (non-hydrogen) atoms. The van der Waals surface area contributed by atoms with Crippen molar-refractivity contribution < 1.29 is 36.6 Å². The summed E-state index contributed by atoms with van der Waals surface area (Å²) in [5.41, 5.74) is -0.788. The molecule has 4 unspecified atom stereocenters. The first-order chi connectivity index (χ1) is 26.5. The number of hydrogen-bond acceptors (Lipinski definition) is 6. The van der Waals surface area contributed by atoms with Crippen molar-refractivity contribution in [2.24, 2.45) is 28.6 Å². The number of rotatable bonds is 8. The van der Waals surface area contributed by atoms with Gasteiger partial charge in [0.2, 0.25) is 0 Å². The second kappa shape index (κ2) is 14.8. The SMILES string of the molecule is CC1=CCCC2(C)C(CCC2(O)CN(CC23CC4CC(CC(C4)C2)C3)S(=O)(=O)c2cccs2)c2ccc(cc2C(=O)c2cccc(C(F)(F)F)c2)CC(O)CC1. The Kier molecular flexibility index (Phi) is 10.5.